The van der Waals surface area contributed by atoms with Gasteiger partial charge in [0, 0.05) is 13.6 Å². The Hall–Kier alpha value is -2.11. The number of hydrogen-bond donors (Lipinski definition) is 1. The first kappa shape index (κ1) is 12.3. The third-order valence-corrected chi connectivity index (χ3v) is 2.64. The van der Waals surface area contributed by atoms with Gasteiger partial charge in [0.15, 0.2) is 0 Å². The van der Waals surface area contributed by atoms with Crippen LogP contribution in [-0.2, 0) is 13.6 Å². The average Bonchev–Trinajstić information content (AvgIpc) is 2.60. The van der Waals surface area contributed by atoms with E-state index in [2.05, 4.69) is 15.4 Å². The van der Waals surface area contributed by atoms with Gasteiger partial charge in [0.1, 0.15) is 5.82 Å². The molecule has 2 aromatic heterocycles. The maximum atomic E-state index is 12.9. The van der Waals surface area contributed by atoms with Gasteiger partial charge in [-0.25, -0.2) is 9.67 Å². The fourth-order valence-electron chi connectivity index (χ4n) is 1.83. The monoisotopic (exact) mass is 250 g/mol. The summed E-state index contributed by atoms with van der Waals surface area (Å²) >= 11 is 0. The molecule has 0 saturated heterocycles. The summed E-state index contributed by atoms with van der Waals surface area (Å²) in [5, 5.41) is 7.32. The molecule has 0 bridgehead atoms. The van der Waals surface area contributed by atoms with Gasteiger partial charge < -0.3 is 10.1 Å². The zero-order valence-electron chi connectivity index (χ0n) is 10.6. The summed E-state index contributed by atoms with van der Waals surface area (Å²) in [5.74, 6) is 0.673. The van der Waals surface area contributed by atoms with E-state index in [1.54, 1.807) is 23.9 Å². The average molecular weight is 250 g/mol. The van der Waals surface area contributed by atoms with Crippen LogP contribution in [0.3, 0.4) is 0 Å². The number of nitrogens with one attached hydrogen (secondary N) is 1. The molecule has 1 N–H and O–H groups in total. The van der Waals surface area contributed by atoms with Crippen molar-refractivity contribution in [2.24, 2.45) is 7.05 Å². The van der Waals surface area contributed by atoms with E-state index in [9.17, 15) is 4.39 Å². The lowest BCUT2D eigenvalue weighted by Gasteiger charge is -2.07. The van der Waals surface area contributed by atoms with Crippen molar-refractivity contribution < 1.29 is 9.13 Å². The highest BCUT2D eigenvalue weighted by Gasteiger charge is 2.13. The van der Waals surface area contributed by atoms with Gasteiger partial charge in [-0.1, -0.05) is 6.07 Å². The van der Waals surface area contributed by atoms with Crippen molar-refractivity contribution in [3.05, 3.63) is 35.4 Å². The normalized spacial score (nSPS) is 10.4. The van der Waals surface area contributed by atoms with Crippen molar-refractivity contribution in [3.8, 4) is 5.88 Å². The van der Waals surface area contributed by atoms with Gasteiger partial charge in [-0.05, 0) is 19.1 Å². The van der Waals surface area contributed by atoms with Crippen LogP contribution in [0.15, 0.2) is 18.2 Å². The number of nitrogens with zero attached hydrogens (tertiary/aromatic N) is 3. The zero-order chi connectivity index (χ0) is 13.1. The van der Waals surface area contributed by atoms with Crippen LogP contribution in [0.5, 0.6) is 5.88 Å². The largest absolute Gasteiger partial charge is 0.481 e. The first-order valence-corrected chi connectivity index (χ1v) is 5.54. The second-order valence-electron chi connectivity index (χ2n) is 3.90. The van der Waals surface area contributed by atoms with Gasteiger partial charge in [0.25, 0.3) is 0 Å². The zero-order valence-corrected chi connectivity index (χ0v) is 10.6. The molecule has 18 heavy (non-hydrogen) atoms. The van der Waals surface area contributed by atoms with Gasteiger partial charge in [0.2, 0.25) is 11.8 Å². The van der Waals surface area contributed by atoms with Crippen LogP contribution in [0, 0.1) is 12.9 Å². The summed E-state index contributed by atoms with van der Waals surface area (Å²) in [6, 6.07) is 4.63. The molecule has 6 heteroatoms. The Morgan fingerprint density at radius 3 is 2.89 bits per heavy atom. The van der Waals surface area contributed by atoms with Crippen LogP contribution < -0.4 is 10.1 Å². The number of pyridine rings is 1. The van der Waals surface area contributed by atoms with E-state index >= 15 is 0 Å². The Bertz CT molecular complexity index is 553. The maximum absolute atomic E-state index is 12.9. The number of hydrogen-bond acceptors (Lipinski definition) is 4. The van der Waals surface area contributed by atoms with Crippen LogP contribution in [-0.4, -0.2) is 21.9 Å². The molecular formula is C12H15FN4O. The van der Waals surface area contributed by atoms with Crippen molar-refractivity contribution in [2.75, 3.05) is 12.4 Å². The van der Waals surface area contributed by atoms with E-state index in [-0.39, 0.29) is 0 Å². The van der Waals surface area contributed by atoms with Crippen LogP contribution in [0.1, 0.15) is 11.3 Å². The highest BCUT2D eigenvalue weighted by atomic mass is 19.1. The second kappa shape index (κ2) is 5.03. The summed E-state index contributed by atoms with van der Waals surface area (Å²) < 4.78 is 19.9. The molecule has 0 aliphatic carbocycles. The molecule has 0 aromatic carbocycles. The van der Waals surface area contributed by atoms with Crippen LogP contribution >= 0.6 is 0 Å². The molecule has 2 aromatic rings. The lowest BCUT2D eigenvalue weighted by molar-refractivity contribution is 0.369. The molecule has 0 fully saturated rings. The van der Waals surface area contributed by atoms with Crippen molar-refractivity contribution in [1.29, 1.82) is 0 Å². The van der Waals surface area contributed by atoms with Gasteiger partial charge in [-0.3, -0.25) is 0 Å². The molecule has 0 aliphatic rings. The number of methoxy groups -OCH3 is 1. The van der Waals surface area contributed by atoms with E-state index in [4.69, 9.17) is 4.74 Å². The Balaban J connectivity index is 2.15. The Morgan fingerprint density at radius 1 is 1.44 bits per heavy atom. The smallest absolute Gasteiger partial charge is 0.216 e. The molecule has 0 atom stereocenters. The lowest BCUT2D eigenvalue weighted by Crippen LogP contribution is -2.04. The highest BCUT2D eigenvalue weighted by Crippen LogP contribution is 2.21. The minimum Gasteiger partial charge on any atom is -0.481 e. The maximum Gasteiger partial charge on any atom is 0.216 e. The summed E-state index contributed by atoms with van der Waals surface area (Å²) in [6.07, 6.45) is 0. The lowest BCUT2D eigenvalue weighted by atomic mass is 10.2. The quantitative estimate of drug-likeness (QED) is 0.842. The van der Waals surface area contributed by atoms with E-state index in [1.165, 1.54) is 6.07 Å². The topological polar surface area (TPSA) is 52.0 Å². The summed E-state index contributed by atoms with van der Waals surface area (Å²) in [7, 11) is 3.41. The predicted octanol–water partition coefficient (Wildman–Crippen LogP) is 1.88. The third kappa shape index (κ3) is 2.42. The summed E-state index contributed by atoms with van der Waals surface area (Å²) in [5.41, 5.74) is 1.81. The first-order valence-electron chi connectivity index (χ1n) is 5.54. The van der Waals surface area contributed by atoms with Crippen molar-refractivity contribution in [3.63, 3.8) is 0 Å². The third-order valence-electron chi connectivity index (χ3n) is 2.64. The Labute approximate surface area is 105 Å². The molecular weight excluding hydrogens is 235 g/mol. The van der Waals surface area contributed by atoms with Crippen LogP contribution in [0.25, 0.3) is 0 Å². The molecule has 5 nitrogen and oxygen atoms in total. The van der Waals surface area contributed by atoms with Crippen LogP contribution in [0.4, 0.5) is 10.2 Å². The molecule has 0 aliphatic heterocycles. The number of aromatic nitrogens is 3. The standard InChI is InChI=1S/C12H15FN4O/c1-8-9(12(18-3)17(2)16-8)7-14-11-6-4-5-10(13)15-11/h4-6H,7H2,1-3H3,(H,14,15). The molecule has 0 spiro atoms. The SMILES string of the molecule is COc1c(CNc2cccc(F)n2)c(C)nn1C. The first-order chi connectivity index (χ1) is 8.61. The summed E-state index contributed by atoms with van der Waals surface area (Å²) in [6.45, 7) is 2.39. The fourth-order valence-corrected chi connectivity index (χ4v) is 1.83. The number of halogens is 1. The minimum atomic E-state index is -0.505. The van der Waals surface area contributed by atoms with Gasteiger partial charge in [-0.15, -0.1) is 0 Å². The molecule has 0 saturated carbocycles. The van der Waals surface area contributed by atoms with Gasteiger partial charge >= 0.3 is 0 Å². The second-order valence-corrected chi connectivity index (χ2v) is 3.90. The predicted molar refractivity (Wildman–Crippen MR) is 66.0 cm³/mol. The molecule has 2 rings (SSSR count). The summed E-state index contributed by atoms with van der Waals surface area (Å²) in [4.78, 5) is 3.73. The number of anilines is 1. The van der Waals surface area contributed by atoms with Crippen molar-refractivity contribution in [2.45, 2.75) is 13.5 Å². The highest BCUT2D eigenvalue weighted by molar-refractivity contribution is 5.39. The number of aryl methyl sites for hydroxylation is 2. The van der Waals surface area contributed by atoms with E-state index in [1.807, 2.05) is 14.0 Å². The molecule has 0 radical (unpaired) electrons. The van der Waals surface area contributed by atoms with Gasteiger partial charge in [0.05, 0.1) is 18.4 Å². The van der Waals surface area contributed by atoms with Gasteiger partial charge in [-0.2, -0.15) is 9.49 Å². The number of ether oxygens (including phenoxy) is 1. The fraction of sp³-hybridized carbons (Fsp3) is 0.333. The molecule has 96 valence electrons. The van der Waals surface area contributed by atoms with E-state index in [0.717, 1.165) is 11.3 Å². The van der Waals surface area contributed by atoms with E-state index < -0.39 is 5.95 Å². The van der Waals surface area contributed by atoms with Crippen molar-refractivity contribution in [1.82, 2.24) is 14.8 Å². The molecule has 0 unspecified atom stereocenters. The Morgan fingerprint density at radius 2 is 2.22 bits per heavy atom. The van der Waals surface area contributed by atoms with E-state index in [0.29, 0.717) is 18.2 Å². The minimum absolute atomic E-state index is 0.485. The number of rotatable bonds is 4. The Kier molecular flexibility index (Phi) is 3.45. The molecule has 2 heterocycles. The van der Waals surface area contributed by atoms with Crippen molar-refractivity contribution >= 4 is 5.82 Å². The molecule has 0 amide bonds. The van der Waals surface area contributed by atoms with Crippen LogP contribution in [0.2, 0.25) is 0 Å².